The van der Waals surface area contributed by atoms with E-state index in [1.807, 2.05) is 54.6 Å². The quantitative estimate of drug-likeness (QED) is 0.200. The van der Waals surface area contributed by atoms with Crippen molar-refractivity contribution in [3.8, 4) is 5.75 Å². The largest absolute Gasteiger partial charge is 0.494 e. The lowest BCUT2D eigenvalue weighted by Crippen LogP contribution is -2.23. The predicted molar refractivity (Wildman–Crippen MR) is 137 cm³/mol. The van der Waals surface area contributed by atoms with Gasteiger partial charge in [-0.2, -0.15) is 0 Å². The van der Waals surface area contributed by atoms with Gasteiger partial charge in [0.1, 0.15) is 15.3 Å². The van der Waals surface area contributed by atoms with Gasteiger partial charge in [0.15, 0.2) is 5.16 Å². The Morgan fingerprint density at radius 1 is 1.00 bits per heavy atom. The number of thiophene rings is 1. The second-order valence-electron chi connectivity index (χ2n) is 7.69. The Balaban J connectivity index is 1.55. The number of aromatic nitrogens is 3. The smallest absolute Gasteiger partial charge is 0.272 e. The highest BCUT2D eigenvalue weighted by Crippen LogP contribution is 2.31. The molecule has 3 aromatic heterocycles. The first-order valence-electron chi connectivity index (χ1n) is 10.9. The standard InChI is InChI=1S/C26H23N3O2S2/c1-2-15-31-20-12-10-18(11-13-20)16-29-25(30)23-22(21-9-6-14-27-24(21)33-23)28-26(29)32-17-19-7-4-3-5-8-19/h3-14H,2,15-17H2,1H3. The van der Waals surface area contributed by atoms with E-state index in [1.165, 1.54) is 16.9 Å². The van der Waals surface area contributed by atoms with E-state index >= 15 is 0 Å². The maximum atomic E-state index is 13.6. The van der Waals surface area contributed by atoms with Gasteiger partial charge >= 0.3 is 0 Å². The third-order valence-electron chi connectivity index (χ3n) is 5.27. The SMILES string of the molecule is CCCOc1ccc(Cn2c(SCc3ccccc3)nc3c(sc4ncccc43)c2=O)cc1. The molecule has 5 nitrogen and oxygen atoms in total. The Kier molecular flexibility index (Phi) is 6.41. The van der Waals surface area contributed by atoms with Crippen LogP contribution in [0.3, 0.4) is 0 Å². The number of nitrogens with zero attached hydrogens (tertiary/aromatic N) is 3. The van der Waals surface area contributed by atoms with Crippen molar-refractivity contribution in [2.75, 3.05) is 6.61 Å². The van der Waals surface area contributed by atoms with Gasteiger partial charge in [-0.05, 0) is 41.8 Å². The van der Waals surface area contributed by atoms with Crippen LogP contribution in [0.1, 0.15) is 24.5 Å². The van der Waals surface area contributed by atoms with Crippen LogP contribution in [0.15, 0.2) is 82.9 Å². The Hall–Kier alpha value is -3.16. The van der Waals surface area contributed by atoms with Crippen LogP contribution in [0.25, 0.3) is 20.4 Å². The molecule has 0 bridgehead atoms. The molecule has 0 amide bonds. The van der Waals surface area contributed by atoms with Crippen LogP contribution in [0, 0.1) is 0 Å². The molecule has 0 N–H and O–H groups in total. The zero-order valence-electron chi connectivity index (χ0n) is 18.2. The molecule has 0 fully saturated rings. The van der Waals surface area contributed by atoms with Gasteiger partial charge < -0.3 is 4.74 Å². The van der Waals surface area contributed by atoms with E-state index in [1.54, 1.807) is 22.5 Å². The Morgan fingerprint density at radius 2 is 1.82 bits per heavy atom. The molecule has 2 aromatic carbocycles. The average Bonchev–Trinajstić information content (AvgIpc) is 3.24. The third-order valence-corrected chi connectivity index (χ3v) is 7.40. The fourth-order valence-corrected chi connectivity index (χ4v) is 5.59. The van der Waals surface area contributed by atoms with Crippen molar-refractivity contribution >= 4 is 43.5 Å². The maximum absolute atomic E-state index is 13.6. The minimum atomic E-state index is -0.0233. The summed E-state index contributed by atoms with van der Waals surface area (Å²) in [6.07, 6.45) is 2.72. The van der Waals surface area contributed by atoms with Crippen molar-refractivity contribution in [2.24, 2.45) is 0 Å². The lowest BCUT2D eigenvalue weighted by Gasteiger charge is -2.13. The Morgan fingerprint density at radius 3 is 2.61 bits per heavy atom. The summed E-state index contributed by atoms with van der Waals surface area (Å²) in [5, 5.41) is 1.65. The van der Waals surface area contributed by atoms with E-state index < -0.39 is 0 Å². The maximum Gasteiger partial charge on any atom is 0.272 e. The molecular weight excluding hydrogens is 450 g/mol. The lowest BCUT2D eigenvalue weighted by molar-refractivity contribution is 0.317. The lowest BCUT2D eigenvalue weighted by atomic mass is 10.2. The minimum Gasteiger partial charge on any atom is -0.494 e. The van der Waals surface area contributed by atoms with Gasteiger partial charge in [-0.3, -0.25) is 9.36 Å². The molecule has 0 saturated carbocycles. The second-order valence-corrected chi connectivity index (χ2v) is 9.63. The molecule has 0 aliphatic heterocycles. The van der Waals surface area contributed by atoms with E-state index in [9.17, 15) is 4.79 Å². The van der Waals surface area contributed by atoms with E-state index in [-0.39, 0.29) is 5.56 Å². The second kappa shape index (κ2) is 9.77. The van der Waals surface area contributed by atoms with Gasteiger partial charge in [0.25, 0.3) is 5.56 Å². The van der Waals surface area contributed by atoms with Crippen molar-refractivity contribution in [3.63, 3.8) is 0 Å². The van der Waals surface area contributed by atoms with Gasteiger partial charge in [0.2, 0.25) is 0 Å². The number of thioether (sulfide) groups is 1. The molecule has 33 heavy (non-hydrogen) atoms. The van der Waals surface area contributed by atoms with Crippen molar-refractivity contribution in [1.82, 2.24) is 14.5 Å². The van der Waals surface area contributed by atoms with Gasteiger partial charge in [0.05, 0.1) is 18.7 Å². The Bertz CT molecular complexity index is 1440. The van der Waals surface area contributed by atoms with Gasteiger partial charge in [-0.15, -0.1) is 11.3 Å². The van der Waals surface area contributed by atoms with Crippen LogP contribution < -0.4 is 10.3 Å². The molecule has 0 spiro atoms. The normalized spacial score (nSPS) is 11.3. The number of benzene rings is 2. The van der Waals surface area contributed by atoms with Crippen LogP contribution >= 0.6 is 23.1 Å². The van der Waals surface area contributed by atoms with E-state index in [0.29, 0.717) is 23.0 Å². The van der Waals surface area contributed by atoms with E-state index in [0.717, 1.165) is 39.2 Å². The third kappa shape index (κ3) is 4.65. The zero-order chi connectivity index (χ0) is 22.6. The molecule has 0 saturated heterocycles. The molecule has 5 aromatic rings. The van der Waals surface area contributed by atoms with E-state index in [2.05, 4.69) is 24.0 Å². The van der Waals surface area contributed by atoms with Crippen molar-refractivity contribution in [2.45, 2.75) is 30.8 Å². The highest BCUT2D eigenvalue weighted by atomic mass is 32.2. The van der Waals surface area contributed by atoms with Crippen molar-refractivity contribution < 1.29 is 4.74 Å². The van der Waals surface area contributed by atoms with Crippen LogP contribution in [0.4, 0.5) is 0 Å². The molecule has 0 radical (unpaired) electrons. The molecule has 0 unspecified atom stereocenters. The summed E-state index contributed by atoms with van der Waals surface area (Å²) in [4.78, 5) is 23.9. The number of pyridine rings is 1. The molecule has 0 aliphatic rings. The first-order chi connectivity index (χ1) is 16.2. The van der Waals surface area contributed by atoms with Crippen LogP contribution in [0.5, 0.6) is 5.75 Å². The highest BCUT2D eigenvalue weighted by Gasteiger charge is 2.17. The predicted octanol–water partition coefficient (Wildman–Crippen LogP) is 6.14. The topological polar surface area (TPSA) is 57.0 Å². The molecule has 3 heterocycles. The fraction of sp³-hybridized carbons (Fsp3) is 0.192. The van der Waals surface area contributed by atoms with Gasteiger partial charge in [0, 0.05) is 17.3 Å². The summed E-state index contributed by atoms with van der Waals surface area (Å²) >= 11 is 3.00. The first kappa shape index (κ1) is 21.7. The number of hydrogen-bond donors (Lipinski definition) is 0. The summed E-state index contributed by atoms with van der Waals surface area (Å²) in [5.74, 6) is 1.58. The van der Waals surface area contributed by atoms with Crippen LogP contribution in [0.2, 0.25) is 0 Å². The average molecular weight is 474 g/mol. The Labute approximate surface area is 200 Å². The number of rotatable bonds is 8. The van der Waals surface area contributed by atoms with Crippen LogP contribution in [-0.2, 0) is 12.3 Å². The molecule has 5 rings (SSSR count). The first-order valence-corrected chi connectivity index (χ1v) is 12.7. The summed E-state index contributed by atoms with van der Waals surface area (Å²) in [5.41, 5.74) is 2.94. The van der Waals surface area contributed by atoms with Gasteiger partial charge in [-0.25, -0.2) is 9.97 Å². The summed E-state index contributed by atoms with van der Waals surface area (Å²) in [7, 11) is 0. The minimum absolute atomic E-state index is 0.0233. The summed E-state index contributed by atoms with van der Waals surface area (Å²) < 4.78 is 8.13. The fourth-order valence-electron chi connectivity index (χ4n) is 3.61. The van der Waals surface area contributed by atoms with E-state index in [4.69, 9.17) is 9.72 Å². The summed E-state index contributed by atoms with van der Waals surface area (Å²) in [6.45, 7) is 3.23. The number of ether oxygens (including phenoxy) is 1. The highest BCUT2D eigenvalue weighted by molar-refractivity contribution is 7.98. The summed E-state index contributed by atoms with van der Waals surface area (Å²) in [6, 6.07) is 22.1. The molecule has 0 aliphatic carbocycles. The van der Waals surface area contributed by atoms with Gasteiger partial charge in [-0.1, -0.05) is 61.2 Å². The number of fused-ring (bicyclic) bond motifs is 3. The van der Waals surface area contributed by atoms with Crippen LogP contribution in [-0.4, -0.2) is 21.1 Å². The molecule has 166 valence electrons. The monoisotopic (exact) mass is 473 g/mol. The molecule has 0 atom stereocenters. The zero-order valence-corrected chi connectivity index (χ0v) is 19.9. The molecular formula is C26H23N3O2S2. The molecule has 7 heteroatoms. The van der Waals surface area contributed by atoms with Crippen molar-refractivity contribution in [3.05, 3.63) is 94.4 Å². The number of hydrogen-bond acceptors (Lipinski definition) is 6. The van der Waals surface area contributed by atoms with Crippen molar-refractivity contribution in [1.29, 1.82) is 0 Å².